The second-order valence-electron chi connectivity index (χ2n) is 6.05. The number of likely N-dealkylation sites (N-methyl/N-ethyl adjacent to an activating group) is 1. The Morgan fingerprint density at radius 3 is 2.37 bits per heavy atom. The van der Waals surface area contributed by atoms with E-state index >= 15 is 0 Å². The summed E-state index contributed by atoms with van der Waals surface area (Å²) in [4.78, 5) is 14.4. The standard InChI is InChI=1S/C15H31N3O/c1-5-11(6-2)14(18(3)4)10-17-15(19)12-8-7-9-13(12)16/h11-14H,5-10,16H2,1-4H3,(H,17,19). The summed E-state index contributed by atoms with van der Waals surface area (Å²) < 4.78 is 0. The van der Waals surface area contributed by atoms with Gasteiger partial charge in [-0.1, -0.05) is 33.1 Å². The number of hydrogen-bond acceptors (Lipinski definition) is 3. The molecule has 1 rings (SSSR count). The van der Waals surface area contributed by atoms with E-state index in [9.17, 15) is 4.79 Å². The van der Waals surface area contributed by atoms with Crippen molar-refractivity contribution in [1.82, 2.24) is 10.2 Å². The number of amides is 1. The maximum absolute atomic E-state index is 12.2. The molecule has 19 heavy (non-hydrogen) atoms. The molecule has 0 saturated heterocycles. The van der Waals surface area contributed by atoms with Crippen LogP contribution in [0.25, 0.3) is 0 Å². The molecule has 3 atom stereocenters. The Labute approximate surface area is 118 Å². The number of nitrogens with two attached hydrogens (primary N) is 1. The number of carbonyl (C=O) groups excluding carboxylic acids is 1. The Hall–Kier alpha value is -0.610. The number of nitrogens with one attached hydrogen (secondary N) is 1. The van der Waals surface area contributed by atoms with Gasteiger partial charge in [0.05, 0.1) is 5.92 Å². The third-order valence-electron chi connectivity index (χ3n) is 4.65. The molecule has 1 saturated carbocycles. The fourth-order valence-electron chi connectivity index (χ4n) is 3.25. The van der Waals surface area contributed by atoms with Crippen LogP contribution in [0.2, 0.25) is 0 Å². The van der Waals surface area contributed by atoms with Crippen molar-refractivity contribution in [3.05, 3.63) is 0 Å². The highest BCUT2D eigenvalue weighted by atomic mass is 16.1. The third kappa shape index (κ3) is 4.46. The number of carbonyl (C=O) groups is 1. The third-order valence-corrected chi connectivity index (χ3v) is 4.65. The number of rotatable bonds is 7. The molecule has 1 aliphatic rings. The summed E-state index contributed by atoms with van der Waals surface area (Å²) in [6, 6.07) is 0.475. The van der Waals surface area contributed by atoms with E-state index in [-0.39, 0.29) is 17.9 Å². The summed E-state index contributed by atoms with van der Waals surface area (Å²) >= 11 is 0. The first-order valence-electron chi connectivity index (χ1n) is 7.70. The molecule has 3 N–H and O–H groups in total. The first-order valence-corrected chi connectivity index (χ1v) is 7.70. The van der Waals surface area contributed by atoms with Crippen LogP contribution in [0.4, 0.5) is 0 Å². The van der Waals surface area contributed by atoms with E-state index in [1.165, 1.54) is 0 Å². The van der Waals surface area contributed by atoms with Crippen molar-refractivity contribution in [3.8, 4) is 0 Å². The minimum Gasteiger partial charge on any atom is -0.354 e. The van der Waals surface area contributed by atoms with Gasteiger partial charge in [0.25, 0.3) is 0 Å². The lowest BCUT2D eigenvalue weighted by Gasteiger charge is -2.32. The summed E-state index contributed by atoms with van der Waals surface area (Å²) in [6.07, 6.45) is 5.32. The minimum absolute atomic E-state index is 0.0320. The van der Waals surface area contributed by atoms with Gasteiger partial charge < -0.3 is 16.0 Å². The van der Waals surface area contributed by atoms with Crippen molar-refractivity contribution >= 4 is 5.91 Å². The molecule has 0 aromatic carbocycles. The van der Waals surface area contributed by atoms with Gasteiger partial charge >= 0.3 is 0 Å². The van der Waals surface area contributed by atoms with Gasteiger partial charge in [0, 0.05) is 18.6 Å². The SMILES string of the molecule is CCC(CC)C(CNC(=O)C1CCCC1N)N(C)C. The van der Waals surface area contributed by atoms with Gasteiger partial charge in [-0.3, -0.25) is 4.79 Å². The molecule has 1 amide bonds. The first-order chi connectivity index (χ1) is 9.01. The van der Waals surface area contributed by atoms with Crippen molar-refractivity contribution in [1.29, 1.82) is 0 Å². The topological polar surface area (TPSA) is 58.4 Å². The van der Waals surface area contributed by atoms with Gasteiger partial charge in [-0.25, -0.2) is 0 Å². The number of nitrogens with zero attached hydrogens (tertiary/aromatic N) is 1. The predicted octanol–water partition coefficient (Wildman–Crippen LogP) is 1.60. The van der Waals surface area contributed by atoms with Gasteiger partial charge in [-0.15, -0.1) is 0 Å². The highest BCUT2D eigenvalue weighted by Crippen LogP contribution is 2.24. The fraction of sp³-hybridized carbons (Fsp3) is 0.933. The van der Waals surface area contributed by atoms with Crippen molar-refractivity contribution in [3.63, 3.8) is 0 Å². The lowest BCUT2D eigenvalue weighted by molar-refractivity contribution is -0.125. The largest absolute Gasteiger partial charge is 0.354 e. The van der Waals surface area contributed by atoms with Gasteiger partial charge in [-0.05, 0) is 32.9 Å². The Bertz CT molecular complexity index is 277. The molecular weight excluding hydrogens is 238 g/mol. The van der Waals surface area contributed by atoms with Crippen molar-refractivity contribution < 1.29 is 4.79 Å². The second-order valence-corrected chi connectivity index (χ2v) is 6.05. The van der Waals surface area contributed by atoms with Crippen LogP contribution in [-0.2, 0) is 4.79 Å². The zero-order valence-corrected chi connectivity index (χ0v) is 13.0. The molecule has 112 valence electrons. The molecule has 3 unspecified atom stereocenters. The van der Waals surface area contributed by atoms with Gasteiger partial charge in [0.15, 0.2) is 0 Å². The first kappa shape index (κ1) is 16.4. The van der Waals surface area contributed by atoms with E-state index in [1.54, 1.807) is 0 Å². The monoisotopic (exact) mass is 269 g/mol. The lowest BCUT2D eigenvalue weighted by atomic mass is 9.93. The van der Waals surface area contributed by atoms with Crippen LogP contribution >= 0.6 is 0 Å². The summed E-state index contributed by atoms with van der Waals surface area (Å²) in [6.45, 7) is 5.18. The van der Waals surface area contributed by atoms with Crippen LogP contribution < -0.4 is 11.1 Å². The molecule has 0 spiro atoms. The second kappa shape index (κ2) is 7.85. The predicted molar refractivity (Wildman–Crippen MR) is 79.9 cm³/mol. The molecular formula is C15H31N3O. The van der Waals surface area contributed by atoms with Gasteiger partial charge in [-0.2, -0.15) is 0 Å². The molecule has 1 fully saturated rings. The Kier molecular flexibility index (Phi) is 6.80. The van der Waals surface area contributed by atoms with Crippen LogP contribution in [0, 0.1) is 11.8 Å². The molecule has 0 aromatic heterocycles. The average molecular weight is 269 g/mol. The van der Waals surface area contributed by atoms with Crippen molar-refractivity contribution in [2.75, 3.05) is 20.6 Å². The summed E-state index contributed by atoms with van der Waals surface area (Å²) in [5, 5.41) is 3.12. The number of hydrogen-bond donors (Lipinski definition) is 2. The van der Waals surface area contributed by atoms with E-state index in [4.69, 9.17) is 5.73 Å². The maximum atomic E-state index is 12.2. The zero-order valence-electron chi connectivity index (χ0n) is 13.0. The van der Waals surface area contributed by atoms with E-state index in [0.29, 0.717) is 12.0 Å². The van der Waals surface area contributed by atoms with Crippen LogP contribution in [-0.4, -0.2) is 43.5 Å². The quantitative estimate of drug-likeness (QED) is 0.738. The van der Waals surface area contributed by atoms with Crippen molar-refractivity contribution in [2.45, 2.75) is 58.0 Å². The average Bonchev–Trinajstić information content (AvgIpc) is 2.80. The van der Waals surface area contributed by atoms with E-state index in [2.05, 4.69) is 38.2 Å². The molecule has 1 aliphatic carbocycles. The van der Waals surface area contributed by atoms with Crippen molar-refractivity contribution in [2.24, 2.45) is 17.6 Å². The molecule has 0 aliphatic heterocycles. The fourth-order valence-corrected chi connectivity index (χ4v) is 3.25. The molecule has 0 aromatic rings. The van der Waals surface area contributed by atoms with Crippen LogP contribution in [0.3, 0.4) is 0 Å². The molecule has 0 bridgehead atoms. The Balaban J connectivity index is 2.49. The smallest absolute Gasteiger partial charge is 0.224 e. The highest BCUT2D eigenvalue weighted by Gasteiger charge is 2.31. The minimum atomic E-state index is 0.0320. The lowest BCUT2D eigenvalue weighted by Crippen LogP contribution is -2.47. The molecule has 4 heteroatoms. The highest BCUT2D eigenvalue weighted by molar-refractivity contribution is 5.79. The molecule has 4 nitrogen and oxygen atoms in total. The van der Waals surface area contributed by atoms with E-state index < -0.39 is 0 Å². The Morgan fingerprint density at radius 2 is 1.95 bits per heavy atom. The normalized spacial score (nSPS) is 25.0. The van der Waals surface area contributed by atoms with E-state index in [0.717, 1.165) is 38.6 Å². The van der Waals surface area contributed by atoms with Crippen LogP contribution in [0.15, 0.2) is 0 Å². The summed E-state index contributed by atoms with van der Waals surface area (Å²) in [7, 11) is 4.19. The zero-order chi connectivity index (χ0) is 14.4. The van der Waals surface area contributed by atoms with Gasteiger partial charge in [0.1, 0.15) is 0 Å². The summed E-state index contributed by atoms with van der Waals surface area (Å²) in [5.74, 6) is 0.819. The Morgan fingerprint density at radius 1 is 1.32 bits per heavy atom. The van der Waals surface area contributed by atoms with Crippen LogP contribution in [0.5, 0.6) is 0 Å². The van der Waals surface area contributed by atoms with Gasteiger partial charge in [0.2, 0.25) is 5.91 Å². The maximum Gasteiger partial charge on any atom is 0.224 e. The summed E-state index contributed by atoms with van der Waals surface area (Å²) in [5.41, 5.74) is 5.99. The molecule has 0 heterocycles. The van der Waals surface area contributed by atoms with Crippen LogP contribution in [0.1, 0.15) is 46.0 Å². The molecule has 0 radical (unpaired) electrons. The van der Waals surface area contributed by atoms with E-state index in [1.807, 2.05) is 0 Å².